The zero-order valence-electron chi connectivity index (χ0n) is 16.8. The predicted molar refractivity (Wildman–Crippen MR) is 119 cm³/mol. The van der Waals surface area contributed by atoms with Gasteiger partial charge in [-0.2, -0.15) is 0 Å². The Bertz CT molecular complexity index is 1270. The lowest BCUT2D eigenvalue weighted by Gasteiger charge is -2.20. The van der Waals surface area contributed by atoms with Gasteiger partial charge in [0.25, 0.3) is 11.6 Å². The number of carbonyl (C=O) groups excluding carboxylic acids is 1. The van der Waals surface area contributed by atoms with Crippen molar-refractivity contribution in [3.63, 3.8) is 0 Å². The molecule has 2 aromatic heterocycles. The normalized spacial score (nSPS) is 10.8. The van der Waals surface area contributed by atoms with Gasteiger partial charge in [0.05, 0.1) is 34.5 Å². The summed E-state index contributed by atoms with van der Waals surface area (Å²) in [4.78, 5) is 34.9. The van der Waals surface area contributed by atoms with E-state index in [1.165, 1.54) is 28.4 Å². The van der Waals surface area contributed by atoms with Crippen molar-refractivity contribution in [2.24, 2.45) is 0 Å². The van der Waals surface area contributed by atoms with Crippen molar-refractivity contribution in [1.82, 2.24) is 9.97 Å². The number of pyridine rings is 1. The van der Waals surface area contributed by atoms with Gasteiger partial charge in [0.2, 0.25) is 0 Å². The van der Waals surface area contributed by atoms with Gasteiger partial charge in [0.15, 0.2) is 5.13 Å². The summed E-state index contributed by atoms with van der Waals surface area (Å²) in [6, 6.07) is 15.5. The van der Waals surface area contributed by atoms with Crippen molar-refractivity contribution in [1.29, 1.82) is 0 Å². The van der Waals surface area contributed by atoms with Crippen molar-refractivity contribution in [2.75, 3.05) is 12.0 Å². The minimum Gasteiger partial charge on any atom is -0.497 e. The number of thiazole rings is 1. The summed E-state index contributed by atoms with van der Waals surface area (Å²) in [6.07, 6.45) is 1.65. The third-order valence-corrected chi connectivity index (χ3v) is 5.90. The number of methoxy groups -OCH3 is 1. The van der Waals surface area contributed by atoms with E-state index >= 15 is 0 Å². The lowest BCUT2D eigenvalue weighted by Crippen LogP contribution is -2.31. The molecule has 8 nitrogen and oxygen atoms in total. The van der Waals surface area contributed by atoms with Gasteiger partial charge in [0.1, 0.15) is 5.75 Å². The van der Waals surface area contributed by atoms with Crippen molar-refractivity contribution >= 4 is 38.3 Å². The van der Waals surface area contributed by atoms with E-state index in [2.05, 4.69) is 9.97 Å². The van der Waals surface area contributed by atoms with Crippen LogP contribution in [0.3, 0.4) is 0 Å². The standard InChI is InChI=1S/C22H18N4O4S/c1-14-17(7-5-8-19(14)26(28)29)21(27)25(13-15-6-3-4-11-23-15)22-24-18-12-16(30-2)9-10-20(18)31-22/h3-12H,13H2,1-2H3. The molecule has 0 bridgehead atoms. The van der Waals surface area contributed by atoms with E-state index in [4.69, 9.17) is 4.74 Å². The molecule has 0 radical (unpaired) electrons. The number of nitro groups is 1. The molecule has 31 heavy (non-hydrogen) atoms. The third kappa shape index (κ3) is 4.08. The molecule has 0 atom stereocenters. The summed E-state index contributed by atoms with van der Waals surface area (Å²) in [6.45, 7) is 1.76. The van der Waals surface area contributed by atoms with Crippen LogP contribution in [-0.4, -0.2) is 27.9 Å². The molecule has 2 heterocycles. The largest absolute Gasteiger partial charge is 0.497 e. The molecule has 0 aliphatic rings. The van der Waals surface area contributed by atoms with Crippen LogP contribution in [0.5, 0.6) is 5.75 Å². The lowest BCUT2D eigenvalue weighted by molar-refractivity contribution is -0.385. The van der Waals surface area contributed by atoms with Crippen LogP contribution in [0, 0.1) is 17.0 Å². The number of ether oxygens (including phenoxy) is 1. The molecule has 2 aromatic carbocycles. The Hall–Kier alpha value is -3.85. The number of rotatable bonds is 6. The fourth-order valence-electron chi connectivity index (χ4n) is 3.22. The van der Waals surface area contributed by atoms with Crippen LogP contribution in [0.2, 0.25) is 0 Å². The van der Waals surface area contributed by atoms with Crippen LogP contribution >= 0.6 is 11.3 Å². The predicted octanol–water partition coefficient (Wildman–Crippen LogP) is 4.76. The average molecular weight is 434 g/mol. The molecule has 0 unspecified atom stereocenters. The monoisotopic (exact) mass is 434 g/mol. The highest BCUT2D eigenvalue weighted by Gasteiger charge is 2.26. The van der Waals surface area contributed by atoms with Crippen LogP contribution in [0.15, 0.2) is 60.8 Å². The number of nitrogens with zero attached hydrogens (tertiary/aromatic N) is 4. The molecular weight excluding hydrogens is 416 g/mol. The topological polar surface area (TPSA) is 98.5 Å². The molecule has 0 saturated heterocycles. The first-order valence-electron chi connectivity index (χ1n) is 9.38. The molecule has 9 heteroatoms. The van der Waals surface area contributed by atoms with Gasteiger partial charge in [-0.3, -0.25) is 24.8 Å². The van der Waals surface area contributed by atoms with Crippen LogP contribution < -0.4 is 9.64 Å². The van der Waals surface area contributed by atoms with Crippen molar-refractivity contribution < 1.29 is 14.5 Å². The van der Waals surface area contributed by atoms with Gasteiger partial charge in [-0.05, 0) is 37.3 Å². The summed E-state index contributed by atoms with van der Waals surface area (Å²) < 4.78 is 6.16. The molecule has 0 N–H and O–H groups in total. The quantitative estimate of drug-likeness (QED) is 0.320. The fourth-order valence-corrected chi connectivity index (χ4v) is 4.16. The summed E-state index contributed by atoms with van der Waals surface area (Å²) in [5.41, 5.74) is 1.84. The van der Waals surface area contributed by atoms with E-state index in [0.29, 0.717) is 27.7 Å². The molecule has 0 spiro atoms. The molecule has 0 saturated carbocycles. The van der Waals surface area contributed by atoms with E-state index in [1.807, 2.05) is 24.3 Å². The third-order valence-electron chi connectivity index (χ3n) is 4.84. The second-order valence-corrected chi connectivity index (χ2v) is 7.76. The highest BCUT2D eigenvalue weighted by molar-refractivity contribution is 7.22. The smallest absolute Gasteiger partial charge is 0.273 e. The zero-order valence-corrected chi connectivity index (χ0v) is 17.6. The molecule has 0 aliphatic carbocycles. The first-order valence-corrected chi connectivity index (χ1v) is 10.2. The van der Waals surface area contributed by atoms with E-state index in [9.17, 15) is 14.9 Å². The minimum atomic E-state index is -0.487. The van der Waals surface area contributed by atoms with E-state index in [-0.39, 0.29) is 23.7 Å². The highest BCUT2D eigenvalue weighted by Crippen LogP contribution is 2.33. The van der Waals surface area contributed by atoms with Gasteiger partial charge >= 0.3 is 0 Å². The molecule has 0 fully saturated rings. The fraction of sp³-hybridized carbons (Fsp3) is 0.136. The number of hydrogen-bond donors (Lipinski definition) is 0. The number of hydrogen-bond acceptors (Lipinski definition) is 7. The Balaban J connectivity index is 1.81. The van der Waals surface area contributed by atoms with Crippen molar-refractivity contribution in [3.05, 3.63) is 87.7 Å². The van der Waals surface area contributed by atoms with E-state index in [1.54, 1.807) is 38.4 Å². The first-order chi connectivity index (χ1) is 15.0. The van der Waals surface area contributed by atoms with E-state index in [0.717, 1.165) is 4.70 Å². The molecule has 4 aromatic rings. The number of carbonyl (C=O) groups is 1. The molecule has 0 aliphatic heterocycles. The molecule has 4 rings (SSSR count). The van der Waals surface area contributed by atoms with Gasteiger partial charge in [-0.15, -0.1) is 0 Å². The number of benzene rings is 2. The van der Waals surface area contributed by atoms with Gasteiger partial charge in [0, 0.05) is 29.5 Å². The lowest BCUT2D eigenvalue weighted by atomic mass is 10.1. The SMILES string of the molecule is COc1ccc2sc(N(Cc3ccccn3)C(=O)c3cccc([N+](=O)[O-])c3C)nc2c1. The van der Waals surface area contributed by atoms with Crippen LogP contribution in [0.1, 0.15) is 21.6 Å². The molecular formula is C22H18N4O4S. The minimum absolute atomic E-state index is 0.0994. The second-order valence-electron chi connectivity index (χ2n) is 6.75. The summed E-state index contributed by atoms with van der Waals surface area (Å²) in [5.74, 6) is 0.291. The molecule has 1 amide bonds. The zero-order chi connectivity index (χ0) is 22.0. The van der Waals surface area contributed by atoms with E-state index < -0.39 is 4.92 Å². The Morgan fingerprint density at radius 1 is 1.19 bits per heavy atom. The van der Waals surface area contributed by atoms with Crippen molar-refractivity contribution in [3.8, 4) is 5.75 Å². The van der Waals surface area contributed by atoms with Crippen molar-refractivity contribution in [2.45, 2.75) is 13.5 Å². The maximum Gasteiger partial charge on any atom is 0.273 e. The molecule has 156 valence electrons. The van der Waals surface area contributed by atoms with Gasteiger partial charge < -0.3 is 4.74 Å². The number of nitro benzene ring substituents is 1. The number of aromatic nitrogens is 2. The number of amides is 1. The first kappa shape index (κ1) is 20.4. The maximum absolute atomic E-state index is 13.6. The Morgan fingerprint density at radius 3 is 2.74 bits per heavy atom. The summed E-state index contributed by atoms with van der Waals surface area (Å²) in [5, 5.41) is 11.8. The summed E-state index contributed by atoms with van der Waals surface area (Å²) >= 11 is 1.36. The van der Waals surface area contributed by atoms with Crippen LogP contribution in [-0.2, 0) is 6.54 Å². The van der Waals surface area contributed by atoms with Gasteiger partial charge in [-0.1, -0.05) is 23.5 Å². The maximum atomic E-state index is 13.6. The average Bonchev–Trinajstić information content (AvgIpc) is 3.20. The number of anilines is 1. The van der Waals surface area contributed by atoms with Gasteiger partial charge in [-0.25, -0.2) is 4.98 Å². The Labute approximate surface area is 181 Å². The van der Waals surface area contributed by atoms with Crippen LogP contribution in [0.4, 0.5) is 10.8 Å². The van der Waals surface area contributed by atoms with Crippen LogP contribution in [0.25, 0.3) is 10.2 Å². The Morgan fingerprint density at radius 2 is 2.03 bits per heavy atom. The number of fused-ring (bicyclic) bond motifs is 1. The Kier molecular flexibility index (Phi) is 5.59. The highest BCUT2D eigenvalue weighted by atomic mass is 32.1. The second kappa shape index (κ2) is 8.49. The summed E-state index contributed by atoms with van der Waals surface area (Å²) in [7, 11) is 1.58.